The average molecular weight is 311 g/mol. The molecule has 2 N–H and O–H groups in total. The average Bonchev–Trinajstić information content (AvgIpc) is 2.52. The van der Waals surface area contributed by atoms with Crippen LogP contribution in [-0.2, 0) is 9.53 Å². The summed E-state index contributed by atoms with van der Waals surface area (Å²) in [5, 5.41) is 12.8. The lowest BCUT2D eigenvalue weighted by Gasteiger charge is -2.35. The molecule has 0 spiro atoms. The fraction of sp³-hybridized carbons (Fsp3) is 0.467. The second-order valence-corrected chi connectivity index (χ2v) is 5.62. The van der Waals surface area contributed by atoms with Gasteiger partial charge in [-0.15, -0.1) is 0 Å². The topological polar surface area (TPSA) is 71.5 Å². The van der Waals surface area contributed by atoms with Gasteiger partial charge in [0.2, 0.25) is 5.91 Å². The minimum atomic E-state index is -0.262. The molecule has 6 heteroatoms. The molecule has 114 valence electrons. The Labute approximate surface area is 129 Å². The number of rotatable bonds is 5. The van der Waals surface area contributed by atoms with Gasteiger partial charge >= 0.3 is 0 Å². The number of aromatic nitrogens is 1. The van der Waals surface area contributed by atoms with Gasteiger partial charge in [-0.2, -0.15) is 0 Å². The first-order chi connectivity index (χ1) is 10.1. The third kappa shape index (κ3) is 4.81. The van der Waals surface area contributed by atoms with Gasteiger partial charge in [0, 0.05) is 37.4 Å². The first-order valence-electron chi connectivity index (χ1n) is 6.90. The molecular weight excluding hydrogens is 292 g/mol. The van der Waals surface area contributed by atoms with E-state index in [1.54, 1.807) is 24.4 Å². The first kappa shape index (κ1) is 15.9. The second kappa shape index (κ2) is 7.54. The van der Waals surface area contributed by atoms with Gasteiger partial charge in [-0.3, -0.25) is 4.79 Å². The Morgan fingerprint density at radius 1 is 1.52 bits per heavy atom. The smallest absolute Gasteiger partial charge is 0.244 e. The van der Waals surface area contributed by atoms with Gasteiger partial charge in [-0.05, 0) is 36.6 Å². The van der Waals surface area contributed by atoms with Crippen LogP contribution in [0.5, 0.6) is 0 Å². The molecule has 1 aliphatic heterocycles. The number of ether oxygens (including phenoxy) is 1. The van der Waals surface area contributed by atoms with E-state index in [2.05, 4.69) is 10.3 Å². The summed E-state index contributed by atoms with van der Waals surface area (Å²) in [7, 11) is 0. The molecule has 1 fully saturated rings. The van der Waals surface area contributed by atoms with Crippen molar-refractivity contribution in [1.82, 2.24) is 10.3 Å². The highest BCUT2D eigenvalue weighted by Gasteiger charge is 2.32. The molecule has 1 amide bonds. The minimum Gasteiger partial charge on any atom is -0.396 e. The number of nitrogens with one attached hydrogen (secondary N) is 1. The van der Waals surface area contributed by atoms with Gasteiger partial charge in [0.15, 0.2) is 0 Å². The number of aliphatic hydroxyl groups excluding tert-OH is 1. The molecule has 0 aliphatic carbocycles. The van der Waals surface area contributed by atoms with Crippen LogP contribution in [0.15, 0.2) is 24.4 Å². The lowest BCUT2D eigenvalue weighted by molar-refractivity contribution is -0.117. The van der Waals surface area contributed by atoms with Crippen molar-refractivity contribution in [3.8, 4) is 0 Å². The molecule has 1 aromatic heterocycles. The van der Waals surface area contributed by atoms with Crippen molar-refractivity contribution < 1.29 is 14.6 Å². The quantitative estimate of drug-likeness (QED) is 0.641. The van der Waals surface area contributed by atoms with Crippen LogP contribution in [0.3, 0.4) is 0 Å². The number of carbonyl (C=O) groups excluding carboxylic acids is 1. The minimum absolute atomic E-state index is 0.0559. The second-order valence-electron chi connectivity index (χ2n) is 5.23. The molecule has 2 heterocycles. The van der Waals surface area contributed by atoms with Crippen LogP contribution in [0.4, 0.5) is 0 Å². The van der Waals surface area contributed by atoms with E-state index in [1.807, 2.05) is 0 Å². The largest absolute Gasteiger partial charge is 0.396 e. The molecule has 0 aromatic carbocycles. The standard InChI is InChI=1S/C15H19ClN2O3/c16-13-9-12(3-6-17-13)1-2-14(20)18-10-15(11-19)4-7-21-8-5-15/h1-3,6,9,19H,4-5,7-8,10-11H2,(H,18,20)/b2-1+. The lowest BCUT2D eigenvalue weighted by Crippen LogP contribution is -2.43. The fourth-order valence-corrected chi connectivity index (χ4v) is 2.40. The summed E-state index contributed by atoms with van der Waals surface area (Å²) in [6.45, 7) is 1.76. The predicted molar refractivity (Wildman–Crippen MR) is 80.9 cm³/mol. The zero-order valence-corrected chi connectivity index (χ0v) is 12.5. The van der Waals surface area contributed by atoms with E-state index in [0.29, 0.717) is 24.9 Å². The van der Waals surface area contributed by atoms with Crippen molar-refractivity contribution in [2.45, 2.75) is 12.8 Å². The third-order valence-electron chi connectivity index (χ3n) is 3.70. The molecule has 0 unspecified atom stereocenters. The predicted octanol–water partition coefficient (Wildman–Crippen LogP) is 1.65. The van der Waals surface area contributed by atoms with E-state index in [9.17, 15) is 9.90 Å². The Morgan fingerprint density at radius 3 is 2.95 bits per heavy atom. The summed E-state index contributed by atoms with van der Waals surface area (Å²) in [5.74, 6) is -0.192. The number of nitrogens with zero attached hydrogens (tertiary/aromatic N) is 1. The number of halogens is 1. The molecule has 0 atom stereocenters. The molecular formula is C15H19ClN2O3. The highest BCUT2D eigenvalue weighted by atomic mass is 35.5. The Kier molecular flexibility index (Phi) is 5.73. The van der Waals surface area contributed by atoms with E-state index < -0.39 is 0 Å². The van der Waals surface area contributed by atoms with Gasteiger partial charge in [-0.25, -0.2) is 4.98 Å². The zero-order valence-electron chi connectivity index (χ0n) is 11.7. The van der Waals surface area contributed by atoms with E-state index >= 15 is 0 Å². The highest BCUT2D eigenvalue weighted by Crippen LogP contribution is 2.28. The van der Waals surface area contributed by atoms with E-state index in [0.717, 1.165) is 18.4 Å². The molecule has 0 bridgehead atoms. The summed E-state index contributed by atoms with van der Waals surface area (Å²) in [4.78, 5) is 15.7. The molecule has 1 saturated heterocycles. The molecule has 5 nitrogen and oxygen atoms in total. The number of hydrogen-bond acceptors (Lipinski definition) is 4. The third-order valence-corrected chi connectivity index (χ3v) is 3.91. The van der Waals surface area contributed by atoms with Crippen LogP contribution in [0.1, 0.15) is 18.4 Å². The van der Waals surface area contributed by atoms with E-state index in [1.165, 1.54) is 6.08 Å². The summed E-state index contributed by atoms with van der Waals surface area (Å²) in [5.41, 5.74) is 0.551. The Hall–Kier alpha value is -1.43. The summed E-state index contributed by atoms with van der Waals surface area (Å²) in [6, 6.07) is 3.45. The maximum Gasteiger partial charge on any atom is 0.244 e. The van der Waals surface area contributed by atoms with Gasteiger partial charge in [0.05, 0.1) is 6.61 Å². The van der Waals surface area contributed by atoms with Gasteiger partial charge in [-0.1, -0.05) is 11.6 Å². The summed E-state index contributed by atoms with van der Waals surface area (Å²) < 4.78 is 5.29. The zero-order chi connectivity index (χ0) is 15.1. The number of pyridine rings is 1. The molecule has 2 rings (SSSR count). The lowest BCUT2D eigenvalue weighted by atomic mass is 9.81. The number of amides is 1. The Balaban J connectivity index is 1.86. The SMILES string of the molecule is O=C(/C=C/c1ccnc(Cl)c1)NCC1(CO)CCOCC1. The van der Waals surface area contributed by atoms with Crippen LogP contribution >= 0.6 is 11.6 Å². The number of carbonyl (C=O) groups is 1. The molecule has 1 aromatic rings. The van der Waals surface area contributed by atoms with E-state index in [-0.39, 0.29) is 17.9 Å². The Bertz CT molecular complexity index is 513. The van der Waals surface area contributed by atoms with Gasteiger partial charge in [0.1, 0.15) is 5.15 Å². The maximum absolute atomic E-state index is 11.8. The molecule has 0 saturated carbocycles. The number of aliphatic hydroxyl groups is 1. The molecule has 0 radical (unpaired) electrons. The normalized spacial score (nSPS) is 17.8. The first-order valence-corrected chi connectivity index (χ1v) is 7.27. The van der Waals surface area contributed by atoms with Crippen molar-refractivity contribution in [1.29, 1.82) is 0 Å². The van der Waals surface area contributed by atoms with Gasteiger partial charge < -0.3 is 15.2 Å². The van der Waals surface area contributed by atoms with Crippen LogP contribution in [-0.4, -0.2) is 42.4 Å². The van der Waals surface area contributed by atoms with Crippen molar-refractivity contribution in [3.63, 3.8) is 0 Å². The van der Waals surface area contributed by atoms with Crippen LogP contribution < -0.4 is 5.32 Å². The summed E-state index contributed by atoms with van der Waals surface area (Å²) >= 11 is 5.77. The highest BCUT2D eigenvalue weighted by molar-refractivity contribution is 6.29. The van der Waals surface area contributed by atoms with Crippen molar-refractivity contribution in [2.24, 2.45) is 5.41 Å². The van der Waals surface area contributed by atoms with Crippen molar-refractivity contribution >= 4 is 23.6 Å². The fourth-order valence-electron chi connectivity index (χ4n) is 2.22. The Morgan fingerprint density at radius 2 is 2.29 bits per heavy atom. The van der Waals surface area contributed by atoms with E-state index in [4.69, 9.17) is 16.3 Å². The maximum atomic E-state index is 11.8. The van der Waals surface area contributed by atoms with Crippen LogP contribution in [0.2, 0.25) is 5.15 Å². The van der Waals surface area contributed by atoms with Gasteiger partial charge in [0.25, 0.3) is 0 Å². The van der Waals surface area contributed by atoms with Crippen LogP contribution in [0.25, 0.3) is 6.08 Å². The molecule has 1 aliphatic rings. The number of hydrogen-bond donors (Lipinski definition) is 2. The van der Waals surface area contributed by atoms with Crippen LogP contribution in [0, 0.1) is 5.41 Å². The van der Waals surface area contributed by atoms with Crippen molar-refractivity contribution in [2.75, 3.05) is 26.4 Å². The molecule has 21 heavy (non-hydrogen) atoms. The van der Waals surface area contributed by atoms with Crippen molar-refractivity contribution in [3.05, 3.63) is 35.1 Å². The monoisotopic (exact) mass is 310 g/mol. The summed E-state index contributed by atoms with van der Waals surface area (Å²) in [6.07, 6.45) is 6.23.